The van der Waals surface area contributed by atoms with Crippen molar-refractivity contribution in [3.8, 4) is 16.8 Å². The maximum atomic E-state index is 11.8. The molecular formula is C18H14BrNO3. The van der Waals surface area contributed by atoms with Crippen LogP contribution in [0.15, 0.2) is 53.5 Å². The van der Waals surface area contributed by atoms with E-state index >= 15 is 0 Å². The molecule has 0 saturated heterocycles. The molecule has 1 aromatic rings. The minimum absolute atomic E-state index is 0.153. The molecule has 23 heavy (non-hydrogen) atoms. The summed E-state index contributed by atoms with van der Waals surface area (Å²) in [7, 11) is 0. The molecule has 0 amide bonds. The number of carbonyl (C=O) groups is 1. The SMILES string of the molecule is Cc1ccccc1-n1cc2ccc(=O)cc-2c(C(=O)O)c1CBr. The molecule has 0 saturated carbocycles. The predicted octanol–water partition coefficient (Wildman–Crippen LogP) is 3.84. The Hall–Kier alpha value is -2.40. The zero-order valence-electron chi connectivity index (χ0n) is 12.4. The number of halogens is 1. The molecule has 1 aliphatic carbocycles. The van der Waals surface area contributed by atoms with Crippen molar-refractivity contribution in [2.24, 2.45) is 0 Å². The molecule has 0 bridgehead atoms. The summed E-state index contributed by atoms with van der Waals surface area (Å²) in [6.45, 7) is 1.98. The molecule has 1 heterocycles. The summed E-state index contributed by atoms with van der Waals surface area (Å²) in [5.41, 5.74) is 3.69. The fourth-order valence-electron chi connectivity index (χ4n) is 2.78. The van der Waals surface area contributed by atoms with Gasteiger partial charge in [0, 0.05) is 28.5 Å². The van der Waals surface area contributed by atoms with Crippen LogP contribution < -0.4 is 5.43 Å². The number of aromatic carboxylic acids is 1. The van der Waals surface area contributed by atoms with Gasteiger partial charge in [-0.15, -0.1) is 0 Å². The van der Waals surface area contributed by atoms with Crippen molar-refractivity contribution in [2.45, 2.75) is 12.3 Å². The maximum Gasteiger partial charge on any atom is 0.338 e. The number of benzene rings is 2. The Morgan fingerprint density at radius 1 is 1.22 bits per heavy atom. The van der Waals surface area contributed by atoms with Crippen LogP contribution in [0, 0.1) is 6.92 Å². The second-order valence-electron chi connectivity index (χ2n) is 5.30. The van der Waals surface area contributed by atoms with E-state index in [2.05, 4.69) is 15.9 Å². The number of pyridine rings is 1. The lowest BCUT2D eigenvalue weighted by Gasteiger charge is -2.21. The van der Waals surface area contributed by atoms with Crippen molar-refractivity contribution in [1.29, 1.82) is 0 Å². The average Bonchev–Trinajstić information content (AvgIpc) is 2.53. The molecule has 1 aliphatic heterocycles. The molecule has 0 aromatic heterocycles. The lowest BCUT2D eigenvalue weighted by Crippen LogP contribution is -2.15. The van der Waals surface area contributed by atoms with Crippen molar-refractivity contribution in [3.05, 3.63) is 75.7 Å². The highest BCUT2D eigenvalue weighted by Gasteiger charge is 2.22. The van der Waals surface area contributed by atoms with Gasteiger partial charge in [0.1, 0.15) is 0 Å². The number of fused-ring (bicyclic) bond motifs is 1. The molecule has 0 radical (unpaired) electrons. The van der Waals surface area contributed by atoms with Crippen LogP contribution in [-0.2, 0) is 5.33 Å². The van der Waals surface area contributed by atoms with Gasteiger partial charge >= 0.3 is 5.97 Å². The highest BCUT2D eigenvalue weighted by Crippen LogP contribution is 2.31. The molecule has 116 valence electrons. The number of nitrogens with zero attached hydrogens (tertiary/aromatic N) is 1. The van der Waals surface area contributed by atoms with Gasteiger partial charge in [0.25, 0.3) is 0 Å². The number of alkyl halides is 1. The number of carboxylic acids is 1. The van der Waals surface area contributed by atoms with E-state index in [-0.39, 0.29) is 11.0 Å². The topological polar surface area (TPSA) is 59.3 Å². The number of hydrogen-bond donors (Lipinski definition) is 1. The van der Waals surface area contributed by atoms with E-state index in [1.54, 1.807) is 6.07 Å². The lowest BCUT2D eigenvalue weighted by atomic mass is 9.97. The minimum atomic E-state index is -1.04. The summed E-state index contributed by atoms with van der Waals surface area (Å²) in [6.07, 6.45) is 1.88. The molecule has 1 aromatic carbocycles. The first-order valence-corrected chi connectivity index (χ1v) is 8.18. The summed E-state index contributed by atoms with van der Waals surface area (Å²) in [6, 6.07) is 12.3. The summed E-state index contributed by atoms with van der Waals surface area (Å²) in [5, 5.41) is 10.1. The fourth-order valence-corrected chi connectivity index (χ4v) is 3.33. The third-order valence-corrected chi connectivity index (χ3v) is 4.39. The fraction of sp³-hybridized carbons (Fsp3) is 0.111. The molecule has 0 spiro atoms. The second kappa shape index (κ2) is 6.01. The van der Waals surface area contributed by atoms with Gasteiger partial charge in [0.05, 0.1) is 5.56 Å². The van der Waals surface area contributed by atoms with Crippen LogP contribution in [0.5, 0.6) is 0 Å². The van der Waals surface area contributed by atoms with E-state index in [0.717, 1.165) is 16.8 Å². The van der Waals surface area contributed by atoms with Gasteiger partial charge < -0.3 is 9.67 Å². The lowest BCUT2D eigenvalue weighted by molar-refractivity contribution is 0.0696. The normalized spacial score (nSPS) is 10.9. The molecule has 3 rings (SSSR count). The summed E-state index contributed by atoms with van der Waals surface area (Å²) in [5.74, 6) is -1.04. The van der Waals surface area contributed by atoms with Crippen LogP contribution in [0.3, 0.4) is 0 Å². The van der Waals surface area contributed by atoms with E-state index in [4.69, 9.17) is 0 Å². The van der Waals surface area contributed by atoms with Crippen molar-refractivity contribution in [1.82, 2.24) is 4.57 Å². The molecule has 4 nitrogen and oxygen atoms in total. The van der Waals surface area contributed by atoms with Gasteiger partial charge in [-0.25, -0.2) is 4.79 Å². The van der Waals surface area contributed by atoms with Crippen LogP contribution in [0.25, 0.3) is 16.8 Å². The molecule has 2 aliphatic rings. The molecular weight excluding hydrogens is 358 g/mol. The van der Waals surface area contributed by atoms with Gasteiger partial charge in [-0.3, -0.25) is 4.79 Å². The van der Waals surface area contributed by atoms with Crippen molar-refractivity contribution in [3.63, 3.8) is 0 Å². The Balaban J connectivity index is 2.47. The summed E-state index contributed by atoms with van der Waals surface area (Å²) in [4.78, 5) is 23.5. The molecule has 5 heteroatoms. The van der Waals surface area contributed by atoms with Gasteiger partial charge in [0.2, 0.25) is 0 Å². The number of hydrogen-bond acceptors (Lipinski definition) is 2. The van der Waals surface area contributed by atoms with Crippen LogP contribution >= 0.6 is 15.9 Å². The third-order valence-electron chi connectivity index (χ3n) is 3.86. The van der Waals surface area contributed by atoms with Crippen molar-refractivity contribution >= 4 is 21.9 Å². The average molecular weight is 372 g/mol. The Labute approximate surface area is 141 Å². The number of aryl methyl sites for hydroxylation is 1. The van der Waals surface area contributed by atoms with Gasteiger partial charge in [-0.2, -0.15) is 0 Å². The van der Waals surface area contributed by atoms with E-state index < -0.39 is 5.97 Å². The summed E-state index contributed by atoms with van der Waals surface area (Å²) >= 11 is 3.39. The molecule has 1 N–H and O–H groups in total. The highest BCUT2D eigenvalue weighted by atomic mass is 79.9. The number of rotatable bonds is 3. The van der Waals surface area contributed by atoms with Crippen LogP contribution in [0.2, 0.25) is 0 Å². The number of carboxylic acid groups (broad SMARTS) is 1. The molecule has 0 unspecified atom stereocenters. The van der Waals surface area contributed by atoms with Crippen LogP contribution in [0.4, 0.5) is 0 Å². The first kappa shape index (κ1) is 15.5. The van der Waals surface area contributed by atoms with Gasteiger partial charge in [-0.1, -0.05) is 34.1 Å². The smallest absolute Gasteiger partial charge is 0.338 e. The van der Waals surface area contributed by atoms with Crippen LogP contribution in [-0.4, -0.2) is 15.6 Å². The van der Waals surface area contributed by atoms with Crippen LogP contribution in [0.1, 0.15) is 21.6 Å². The van der Waals surface area contributed by atoms with Gasteiger partial charge in [0.15, 0.2) is 5.43 Å². The quantitative estimate of drug-likeness (QED) is 0.711. The zero-order valence-corrected chi connectivity index (χ0v) is 14.0. The maximum absolute atomic E-state index is 11.8. The second-order valence-corrected chi connectivity index (χ2v) is 5.86. The first-order chi connectivity index (χ1) is 11.0. The largest absolute Gasteiger partial charge is 0.478 e. The van der Waals surface area contributed by atoms with E-state index in [9.17, 15) is 14.7 Å². The predicted molar refractivity (Wildman–Crippen MR) is 93.0 cm³/mol. The minimum Gasteiger partial charge on any atom is -0.478 e. The third kappa shape index (κ3) is 2.68. The van der Waals surface area contributed by atoms with Crippen molar-refractivity contribution < 1.29 is 9.90 Å². The van der Waals surface area contributed by atoms with Crippen molar-refractivity contribution in [2.75, 3.05) is 0 Å². The number of para-hydroxylation sites is 1. The van der Waals surface area contributed by atoms with E-state index in [1.165, 1.54) is 12.1 Å². The Morgan fingerprint density at radius 2 is 1.96 bits per heavy atom. The Kier molecular flexibility index (Phi) is 4.05. The Morgan fingerprint density at radius 3 is 2.61 bits per heavy atom. The zero-order chi connectivity index (χ0) is 16.6. The van der Waals surface area contributed by atoms with E-state index in [0.29, 0.717) is 16.6 Å². The first-order valence-electron chi connectivity index (χ1n) is 7.06. The highest BCUT2D eigenvalue weighted by molar-refractivity contribution is 9.08. The number of aromatic nitrogens is 1. The monoisotopic (exact) mass is 371 g/mol. The Bertz CT molecular complexity index is 930. The molecule has 0 fully saturated rings. The standard InChI is InChI=1S/C18H14BrNO3/c1-11-4-2-3-5-15(11)20-10-12-6-7-13(21)8-14(12)17(18(22)23)16(20)9-19/h2-8,10H,9H2,1H3,(H,22,23). The van der Waals surface area contributed by atoms with Gasteiger partial charge in [-0.05, 0) is 42.3 Å². The molecule has 0 atom stereocenters. The summed E-state index contributed by atoms with van der Waals surface area (Å²) < 4.78 is 1.88. The van der Waals surface area contributed by atoms with E-state index in [1.807, 2.05) is 42.0 Å².